The first-order valence-corrected chi connectivity index (χ1v) is 12.4. The summed E-state index contributed by atoms with van der Waals surface area (Å²) in [6, 6.07) is 15.4. The molecule has 2 atom stereocenters. The number of thiazole rings is 1. The second-order valence-electron chi connectivity index (χ2n) is 9.21. The summed E-state index contributed by atoms with van der Waals surface area (Å²) in [7, 11) is 0. The Morgan fingerprint density at radius 1 is 1.00 bits per heavy atom. The minimum Gasteiger partial charge on any atom is -0.507 e. The molecule has 2 aromatic carbocycles. The highest BCUT2D eigenvalue weighted by Gasteiger charge is 2.39. The van der Waals surface area contributed by atoms with Gasteiger partial charge >= 0.3 is 0 Å². The lowest BCUT2D eigenvalue weighted by Gasteiger charge is -2.31. The van der Waals surface area contributed by atoms with Crippen molar-refractivity contribution < 1.29 is 14.7 Å². The number of aromatic nitrogens is 1. The van der Waals surface area contributed by atoms with Crippen LogP contribution in [-0.2, 0) is 4.79 Å². The summed E-state index contributed by atoms with van der Waals surface area (Å²) in [6.07, 6.45) is 5.36. The van der Waals surface area contributed by atoms with Crippen molar-refractivity contribution in [1.82, 2.24) is 4.98 Å². The van der Waals surface area contributed by atoms with Crippen LogP contribution in [0.3, 0.4) is 0 Å². The van der Waals surface area contributed by atoms with Gasteiger partial charge in [0.25, 0.3) is 0 Å². The van der Waals surface area contributed by atoms with E-state index >= 15 is 0 Å². The SMILES string of the molecule is O=C(c1cscn1)C1CCC(C2CC(=O)C(c3cccc(-c4ccccc4O)c3)C2)CC1. The van der Waals surface area contributed by atoms with E-state index in [1.165, 1.54) is 11.3 Å². The first kappa shape index (κ1) is 21.1. The summed E-state index contributed by atoms with van der Waals surface area (Å²) in [5.41, 5.74) is 5.11. The Bertz CT molecular complexity index is 1120. The van der Waals surface area contributed by atoms with Crippen LogP contribution in [0.15, 0.2) is 59.4 Å². The van der Waals surface area contributed by atoms with Gasteiger partial charge in [0, 0.05) is 29.2 Å². The third kappa shape index (κ3) is 4.14. The van der Waals surface area contributed by atoms with Crippen molar-refractivity contribution in [2.24, 2.45) is 17.8 Å². The van der Waals surface area contributed by atoms with Crippen LogP contribution in [0.5, 0.6) is 5.75 Å². The van der Waals surface area contributed by atoms with Crippen molar-refractivity contribution >= 4 is 22.9 Å². The van der Waals surface area contributed by atoms with E-state index in [9.17, 15) is 14.7 Å². The van der Waals surface area contributed by atoms with Crippen LogP contribution in [0, 0.1) is 17.8 Å². The lowest BCUT2D eigenvalue weighted by atomic mass is 9.73. The fraction of sp³-hybridized carbons (Fsp3) is 0.370. The number of aromatic hydroxyl groups is 1. The Hall–Kier alpha value is -2.79. The van der Waals surface area contributed by atoms with Crippen molar-refractivity contribution in [1.29, 1.82) is 0 Å². The van der Waals surface area contributed by atoms with Crippen molar-refractivity contribution in [2.45, 2.75) is 44.4 Å². The van der Waals surface area contributed by atoms with E-state index in [2.05, 4.69) is 11.1 Å². The van der Waals surface area contributed by atoms with Gasteiger partial charge in [-0.05, 0) is 61.1 Å². The molecule has 2 fully saturated rings. The Morgan fingerprint density at radius 2 is 1.81 bits per heavy atom. The molecule has 5 heteroatoms. The van der Waals surface area contributed by atoms with Gasteiger partial charge in [-0.1, -0.05) is 42.5 Å². The average molecular weight is 446 g/mol. The zero-order chi connectivity index (χ0) is 22.1. The van der Waals surface area contributed by atoms with Crippen molar-refractivity contribution in [2.75, 3.05) is 0 Å². The molecule has 4 nitrogen and oxygen atoms in total. The summed E-state index contributed by atoms with van der Waals surface area (Å²) < 4.78 is 0. The quantitative estimate of drug-likeness (QED) is 0.470. The minimum absolute atomic E-state index is 0.0693. The number of rotatable bonds is 5. The fourth-order valence-corrected chi connectivity index (χ4v) is 6.18. The monoisotopic (exact) mass is 445 g/mol. The van der Waals surface area contributed by atoms with Crippen LogP contribution in [0.2, 0.25) is 0 Å². The van der Waals surface area contributed by atoms with E-state index in [1.54, 1.807) is 11.6 Å². The number of phenols is 1. The fourth-order valence-electron chi connectivity index (χ4n) is 5.64. The van der Waals surface area contributed by atoms with E-state index in [-0.39, 0.29) is 23.4 Å². The Morgan fingerprint density at radius 3 is 2.56 bits per heavy atom. The number of carbonyl (C=O) groups excluding carboxylic acids is 2. The van der Waals surface area contributed by atoms with E-state index < -0.39 is 0 Å². The molecule has 2 aliphatic carbocycles. The molecule has 2 unspecified atom stereocenters. The van der Waals surface area contributed by atoms with Crippen LogP contribution in [0.4, 0.5) is 0 Å². The number of carbonyl (C=O) groups is 2. The maximum absolute atomic E-state index is 13.0. The van der Waals surface area contributed by atoms with Crippen molar-refractivity contribution in [3.63, 3.8) is 0 Å². The molecule has 0 aliphatic heterocycles. The molecule has 2 saturated carbocycles. The summed E-state index contributed by atoms with van der Waals surface area (Å²) in [5, 5.41) is 12.1. The maximum atomic E-state index is 13.0. The standard InChI is InChI=1S/C27H27NO3S/c29-25-7-2-1-6-22(25)19-4-3-5-20(12-19)23-13-21(14-26(23)30)17-8-10-18(11-9-17)27(31)24-15-32-16-28-24/h1-7,12,15-18,21,23,29H,8-11,13-14H2. The number of phenolic OH excluding ortho intramolecular Hbond substituents is 1. The molecule has 5 rings (SSSR count). The molecular formula is C27H27NO3S. The third-order valence-electron chi connectivity index (χ3n) is 7.39. The second kappa shape index (κ2) is 8.99. The van der Waals surface area contributed by atoms with Crippen LogP contribution < -0.4 is 0 Å². The molecular weight excluding hydrogens is 418 g/mol. The molecule has 0 bridgehead atoms. The second-order valence-corrected chi connectivity index (χ2v) is 9.93. The molecule has 3 aromatic rings. The first-order chi connectivity index (χ1) is 15.6. The zero-order valence-electron chi connectivity index (χ0n) is 17.9. The Balaban J connectivity index is 1.25. The van der Waals surface area contributed by atoms with Crippen LogP contribution in [0.25, 0.3) is 11.1 Å². The van der Waals surface area contributed by atoms with E-state index in [1.807, 2.05) is 41.8 Å². The molecule has 32 heavy (non-hydrogen) atoms. The number of hydrogen-bond acceptors (Lipinski definition) is 5. The van der Waals surface area contributed by atoms with Gasteiger partial charge in [0.2, 0.25) is 0 Å². The molecule has 2 aliphatic rings. The molecule has 0 amide bonds. The topological polar surface area (TPSA) is 67.3 Å². The molecule has 1 heterocycles. The Labute approximate surface area is 192 Å². The first-order valence-electron chi connectivity index (χ1n) is 11.4. The van der Waals surface area contributed by atoms with Crippen molar-refractivity contribution in [3.05, 3.63) is 70.7 Å². The molecule has 164 valence electrons. The van der Waals surface area contributed by atoms with Gasteiger partial charge in [-0.2, -0.15) is 0 Å². The van der Waals surface area contributed by atoms with Crippen LogP contribution in [-0.4, -0.2) is 21.7 Å². The molecule has 1 N–H and O–H groups in total. The minimum atomic E-state index is -0.0693. The van der Waals surface area contributed by atoms with E-state index in [0.717, 1.165) is 48.8 Å². The zero-order valence-corrected chi connectivity index (χ0v) is 18.8. The highest BCUT2D eigenvalue weighted by molar-refractivity contribution is 7.07. The lowest BCUT2D eigenvalue weighted by Crippen LogP contribution is -2.25. The summed E-state index contributed by atoms with van der Waals surface area (Å²) >= 11 is 1.47. The van der Waals surface area contributed by atoms with Gasteiger partial charge in [-0.3, -0.25) is 9.59 Å². The number of hydrogen-bond donors (Lipinski definition) is 1. The van der Waals surface area contributed by atoms with Crippen molar-refractivity contribution in [3.8, 4) is 16.9 Å². The van der Waals surface area contributed by atoms with Gasteiger partial charge in [-0.25, -0.2) is 4.98 Å². The van der Waals surface area contributed by atoms with Crippen LogP contribution >= 0.6 is 11.3 Å². The predicted molar refractivity (Wildman–Crippen MR) is 126 cm³/mol. The van der Waals surface area contributed by atoms with Gasteiger partial charge in [0.15, 0.2) is 5.78 Å². The number of Topliss-reactive ketones (excluding diaryl/α,β-unsaturated/α-hetero) is 2. The highest BCUT2D eigenvalue weighted by atomic mass is 32.1. The van der Waals surface area contributed by atoms with Gasteiger partial charge in [0.1, 0.15) is 17.2 Å². The average Bonchev–Trinajstić information content (AvgIpc) is 3.49. The molecule has 0 saturated heterocycles. The normalized spacial score (nSPS) is 25.7. The lowest BCUT2D eigenvalue weighted by molar-refractivity contribution is -0.118. The van der Waals surface area contributed by atoms with Gasteiger partial charge in [0.05, 0.1) is 5.51 Å². The van der Waals surface area contributed by atoms with Gasteiger partial charge < -0.3 is 5.11 Å². The summed E-state index contributed by atoms with van der Waals surface area (Å²) in [4.78, 5) is 29.8. The highest BCUT2D eigenvalue weighted by Crippen LogP contribution is 2.45. The van der Waals surface area contributed by atoms with E-state index in [4.69, 9.17) is 0 Å². The predicted octanol–water partition coefficient (Wildman–Crippen LogP) is 6.27. The molecule has 1 aromatic heterocycles. The number of ketones is 2. The largest absolute Gasteiger partial charge is 0.507 e. The summed E-state index contributed by atoms with van der Waals surface area (Å²) in [6.45, 7) is 0. The number of benzene rings is 2. The molecule has 0 spiro atoms. The van der Waals surface area contributed by atoms with E-state index in [0.29, 0.717) is 29.7 Å². The smallest absolute Gasteiger partial charge is 0.185 e. The molecule has 0 radical (unpaired) electrons. The maximum Gasteiger partial charge on any atom is 0.185 e. The summed E-state index contributed by atoms with van der Waals surface area (Å²) in [5.74, 6) is 1.69. The Kier molecular flexibility index (Phi) is 5.92. The third-order valence-corrected chi connectivity index (χ3v) is 7.98. The van der Waals surface area contributed by atoms with Crippen LogP contribution in [0.1, 0.15) is 60.5 Å². The van der Waals surface area contributed by atoms with Gasteiger partial charge in [-0.15, -0.1) is 11.3 Å². The number of nitrogens with zero attached hydrogens (tertiary/aromatic N) is 1. The number of para-hydroxylation sites is 1.